The zero-order valence-corrected chi connectivity index (χ0v) is 11.6. The van der Waals surface area contributed by atoms with E-state index >= 15 is 0 Å². The Morgan fingerprint density at radius 2 is 2.05 bits per heavy atom. The zero-order valence-electron chi connectivity index (χ0n) is 11.6. The van der Waals surface area contributed by atoms with E-state index in [1.165, 1.54) is 5.56 Å². The summed E-state index contributed by atoms with van der Waals surface area (Å²) in [6.07, 6.45) is 7.24. The highest BCUT2D eigenvalue weighted by atomic mass is 15.3. The van der Waals surface area contributed by atoms with Crippen molar-refractivity contribution in [2.24, 2.45) is 0 Å². The summed E-state index contributed by atoms with van der Waals surface area (Å²) in [4.78, 5) is 0. The average molecular weight is 257 g/mol. The molecule has 102 valence electrons. The maximum Gasteiger partial charge on any atom is 0.0489 e. The predicted octanol–water partition coefficient (Wildman–Crippen LogP) is 2.88. The summed E-state index contributed by atoms with van der Waals surface area (Å²) in [6, 6.07) is 13.2. The molecule has 19 heavy (non-hydrogen) atoms. The van der Waals surface area contributed by atoms with E-state index in [1.807, 2.05) is 23.1 Å². The summed E-state index contributed by atoms with van der Waals surface area (Å²) in [5.74, 6) is 0. The van der Waals surface area contributed by atoms with Gasteiger partial charge in [0.2, 0.25) is 0 Å². The van der Waals surface area contributed by atoms with Crippen molar-refractivity contribution in [2.45, 2.75) is 38.8 Å². The zero-order chi connectivity index (χ0) is 13.3. The molecule has 0 fully saturated rings. The lowest BCUT2D eigenvalue weighted by Gasteiger charge is -2.17. The Balaban J connectivity index is 1.68. The van der Waals surface area contributed by atoms with Crippen LogP contribution in [0, 0.1) is 0 Å². The Kier molecular flexibility index (Phi) is 5.63. The van der Waals surface area contributed by atoms with E-state index in [4.69, 9.17) is 0 Å². The molecule has 0 amide bonds. The predicted molar refractivity (Wildman–Crippen MR) is 79.1 cm³/mol. The summed E-state index contributed by atoms with van der Waals surface area (Å²) in [5.41, 5.74) is 1.41. The number of hydrogen-bond donors (Lipinski definition) is 1. The third-order valence-corrected chi connectivity index (χ3v) is 3.37. The van der Waals surface area contributed by atoms with Crippen LogP contribution in [0.25, 0.3) is 0 Å². The number of nitrogens with one attached hydrogen (secondary N) is 1. The van der Waals surface area contributed by atoms with E-state index in [2.05, 4.69) is 47.7 Å². The van der Waals surface area contributed by atoms with E-state index in [1.54, 1.807) is 0 Å². The monoisotopic (exact) mass is 257 g/mol. The molecule has 1 atom stereocenters. The summed E-state index contributed by atoms with van der Waals surface area (Å²) in [7, 11) is 0. The Morgan fingerprint density at radius 1 is 1.21 bits per heavy atom. The molecule has 0 aliphatic rings. The van der Waals surface area contributed by atoms with E-state index in [-0.39, 0.29) is 0 Å². The van der Waals surface area contributed by atoms with Gasteiger partial charge in [0.25, 0.3) is 0 Å². The molecule has 0 spiro atoms. The van der Waals surface area contributed by atoms with E-state index in [9.17, 15) is 0 Å². The quantitative estimate of drug-likeness (QED) is 0.737. The second kappa shape index (κ2) is 7.74. The lowest BCUT2D eigenvalue weighted by atomic mass is 10.0. The lowest BCUT2D eigenvalue weighted by Crippen LogP contribution is -2.31. The van der Waals surface area contributed by atoms with Crippen molar-refractivity contribution in [1.29, 1.82) is 0 Å². The van der Waals surface area contributed by atoms with Crippen LogP contribution >= 0.6 is 0 Å². The van der Waals surface area contributed by atoms with Crippen LogP contribution in [0.3, 0.4) is 0 Å². The first kappa shape index (κ1) is 13.8. The van der Waals surface area contributed by atoms with Gasteiger partial charge < -0.3 is 5.32 Å². The van der Waals surface area contributed by atoms with Crippen molar-refractivity contribution in [3.63, 3.8) is 0 Å². The molecule has 3 nitrogen and oxygen atoms in total. The molecule has 1 unspecified atom stereocenters. The fraction of sp³-hybridized carbons (Fsp3) is 0.438. The van der Waals surface area contributed by atoms with Crippen molar-refractivity contribution in [3.05, 3.63) is 54.4 Å². The van der Waals surface area contributed by atoms with Crippen molar-refractivity contribution >= 4 is 0 Å². The van der Waals surface area contributed by atoms with Crippen LogP contribution in [-0.2, 0) is 13.0 Å². The van der Waals surface area contributed by atoms with Gasteiger partial charge in [-0.3, -0.25) is 4.68 Å². The van der Waals surface area contributed by atoms with Gasteiger partial charge in [-0.05, 0) is 37.4 Å². The lowest BCUT2D eigenvalue weighted by molar-refractivity contribution is 0.465. The van der Waals surface area contributed by atoms with Gasteiger partial charge in [-0.15, -0.1) is 0 Å². The topological polar surface area (TPSA) is 29.9 Å². The highest BCUT2D eigenvalue weighted by Gasteiger charge is 2.05. The van der Waals surface area contributed by atoms with Gasteiger partial charge in [-0.2, -0.15) is 5.10 Å². The number of hydrogen-bond acceptors (Lipinski definition) is 2. The Morgan fingerprint density at radius 3 is 2.74 bits per heavy atom. The van der Waals surface area contributed by atoms with Gasteiger partial charge >= 0.3 is 0 Å². The summed E-state index contributed by atoms with van der Waals surface area (Å²) < 4.78 is 1.99. The fourth-order valence-corrected chi connectivity index (χ4v) is 2.24. The minimum absolute atomic E-state index is 0.569. The molecule has 1 N–H and O–H groups in total. The minimum Gasteiger partial charge on any atom is -0.314 e. The van der Waals surface area contributed by atoms with Crippen LogP contribution in [-0.4, -0.2) is 22.4 Å². The van der Waals surface area contributed by atoms with Crippen molar-refractivity contribution in [1.82, 2.24) is 15.1 Å². The molecule has 2 rings (SSSR count). The molecular formula is C16H23N3. The summed E-state index contributed by atoms with van der Waals surface area (Å²) in [6.45, 7) is 4.28. The maximum atomic E-state index is 4.21. The van der Waals surface area contributed by atoms with Crippen LogP contribution in [0.2, 0.25) is 0 Å². The number of rotatable bonds is 8. The number of aryl methyl sites for hydroxylation is 1. The first-order valence-corrected chi connectivity index (χ1v) is 7.13. The number of nitrogens with zero attached hydrogens (tertiary/aromatic N) is 2. The van der Waals surface area contributed by atoms with Crippen LogP contribution in [0.1, 0.15) is 25.3 Å². The molecule has 3 heteroatoms. The van der Waals surface area contributed by atoms with Gasteiger partial charge in [0.1, 0.15) is 0 Å². The summed E-state index contributed by atoms with van der Waals surface area (Å²) >= 11 is 0. The van der Waals surface area contributed by atoms with Crippen molar-refractivity contribution < 1.29 is 0 Å². The molecular weight excluding hydrogens is 234 g/mol. The Bertz CT molecular complexity index is 436. The molecule has 1 aromatic heterocycles. The van der Waals surface area contributed by atoms with Gasteiger partial charge in [0, 0.05) is 25.0 Å². The molecule has 0 aliphatic carbocycles. The summed E-state index contributed by atoms with van der Waals surface area (Å²) in [5, 5.41) is 7.85. The molecule has 0 saturated heterocycles. The SMILES string of the molecule is CCC(Cc1ccccc1)NCCCn1cccn1. The molecule has 0 radical (unpaired) electrons. The largest absolute Gasteiger partial charge is 0.314 e. The molecule has 2 aromatic rings. The van der Waals surface area contributed by atoms with Gasteiger partial charge in [-0.1, -0.05) is 37.3 Å². The van der Waals surface area contributed by atoms with Gasteiger partial charge in [0.15, 0.2) is 0 Å². The third kappa shape index (κ3) is 4.87. The third-order valence-electron chi connectivity index (χ3n) is 3.37. The standard InChI is InChI=1S/C16H23N3/c1-2-16(14-15-8-4-3-5-9-15)17-10-6-12-19-13-7-11-18-19/h3-5,7-9,11,13,16-17H,2,6,10,12,14H2,1H3. The Hall–Kier alpha value is -1.61. The Labute approximate surface area is 115 Å². The number of benzene rings is 1. The first-order valence-electron chi connectivity index (χ1n) is 7.13. The van der Waals surface area contributed by atoms with Crippen LogP contribution in [0.15, 0.2) is 48.8 Å². The fourth-order valence-electron chi connectivity index (χ4n) is 2.24. The van der Waals surface area contributed by atoms with E-state index < -0.39 is 0 Å². The molecule has 1 heterocycles. The van der Waals surface area contributed by atoms with Gasteiger partial charge in [-0.25, -0.2) is 0 Å². The second-order valence-corrected chi connectivity index (χ2v) is 4.87. The molecule has 1 aromatic carbocycles. The maximum absolute atomic E-state index is 4.21. The molecule has 0 saturated carbocycles. The van der Waals surface area contributed by atoms with Gasteiger partial charge in [0.05, 0.1) is 0 Å². The van der Waals surface area contributed by atoms with E-state index in [0.717, 1.165) is 32.4 Å². The van der Waals surface area contributed by atoms with E-state index in [0.29, 0.717) is 6.04 Å². The van der Waals surface area contributed by atoms with Crippen LogP contribution < -0.4 is 5.32 Å². The van der Waals surface area contributed by atoms with Crippen molar-refractivity contribution in [3.8, 4) is 0 Å². The molecule has 0 bridgehead atoms. The normalized spacial score (nSPS) is 12.5. The van der Waals surface area contributed by atoms with Crippen LogP contribution in [0.5, 0.6) is 0 Å². The van der Waals surface area contributed by atoms with Crippen LogP contribution in [0.4, 0.5) is 0 Å². The minimum atomic E-state index is 0.569. The first-order chi connectivity index (χ1) is 9.38. The second-order valence-electron chi connectivity index (χ2n) is 4.87. The smallest absolute Gasteiger partial charge is 0.0489 e. The molecule has 0 aliphatic heterocycles. The number of aromatic nitrogens is 2. The average Bonchev–Trinajstić information content (AvgIpc) is 2.96. The highest BCUT2D eigenvalue weighted by molar-refractivity contribution is 5.15. The highest BCUT2D eigenvalue weighted by Crippen LogP contribution is 2.05. The van der Waals surface area contributed by atoms with Crippen molar-refractivity contribution in [2.75, 3.05) is 6.54 Å².